The summed E-state index contributed by atoms with van der Waals surface area (Å²) < 4.78 is 0. The molecule has 0 atom stereocenters. The first-order chi connectivity index (χ1) is 6.13. The molecule has 0 aromatic heterocycles. The molecule has 0 amide bonds. The lowest BCUT2D eigenvalue weighted by molar-refractivity contribution is 1.36. The average Bonchev–Trinajstić information content (AvgIpc) is 2.09. The van der Waals surface area contributed by atoms with Gasteiger partial charge in [0, 0.05) is 0 Å². The molecule has 0 heterocycles. The Morgan fingerprint density at radius 1 is 1.31 bits per heavy atom. The van der Waals surface area contributed by atoms with Crippen LogP contribution in [0.5, 0.6) is 0 Å². The molecule has 0 nitrogen and oxygen atoms in total. The van der Waals surface area contributed by atoms with Crippen molar-refractivity contribution in [1.29, 1.82) is 0 Å². The monoisotopic (exact) mass is 172 g/mol. The van der Waals surface area contributed by atoms with E-state index in [4.69, 9.17) is 0 Å². The van der Waals surface area contributed by atoms with Gasteiger partial charge >= 0.3 is 0 Å². The SMILES string of the molecule is C=CC(C)=Cc1ccc(C)cc1C. The second kappa shape index (κ2) is 4.08. The maximum absolute atomic E-state index is 3.74. The lowest BCUT2D eigenvalue weighted by Crippen LogP contribution is -1.82. The summed E-state index contributed by atoms with van der Waals surface area (Å²) in [5.41, 5.74) is 5.11. The van der Waals surface area contributed by atoms with Crippen LogP contribution in [0.2, 0.25) is 0 Å². The molecule has 0 heteroatoms. The molecule has 0 radical (unpaired) electrons. The molecule has 1 aromatic carbocycles. The molecule has 0 saturated carbocycles. The number of hydrogen-bond donors (Lipinski definition) is 0. The van der Waals surface area contributed by atoms with Crippen molar-refractivity contribution in [2.24, 2.45) is 0 Å². The molecule has 0 bridgehead atoms. The van der Waals surface area contributed by atoms with Crippen molar-refractivity contribution < 1.29 is 0 Å². The lowest BCUT2D eigenvalue weighted by Gasteiger charge is -2.02. The predicted molar refractivity (Wildman–Crippen MR) is 59.8 cm³/mol. The van der Waals surface area contributed by atoms with E-state index in [0.29, 0.717) is 0 Å². The predicted octanol–water partition coefficient (Wildman–Crippen LogP) is 3.89. The van der Waals surface area contributed by atoms with E-state index in [-0.39, 0.29) is 0 Å². The minimum Gasteiger partial charge on any atom is -0.0988 e. The van der Waals surface area contributed by atoms with Gasteiger partial charge in [-0.3, -0.25) is 0 Å². The Morgan fingerprint density at radius 2 is 2.00 bits per heavy atom. The van der Waals surface area contributed by atoms with Gasteiger partial charge in [0.2, 0.25) is 0 Å². The van der Waals surface area contributed by atoms with E-state index in [2.05, 4.69) is 51.6 Å². The highest BCUT2D eigenvalue weighted by molar-refractivity contribution is 5.58. The van der Waals surface area contributed by atoms with Crippen molar-refractivity contribution in [2.75, 3.05) is 0 Å². The van der Waals surface area contributed by atoms with Crippen molar-refractivity contribution in [1.82, 2.24) is 0 Å². The highest BCUT2D eigenvalue weighted by Crippen LogP contribution is 2.14. The van der Waals surface area contributed by atoms with Crippen LogP contribution in [-0.4, -0.2) is 0 Å². The maximum atomic E-state index is 3.74. The maximum Gasteiger partial charge on any atom is -0.0225 e. The zero-order valence-electron chi connectivity index (χ0n) is 8.59. The molecular formula is C13H16. The minimum absolute atomic E-state index is 1.20. The summed E-state index contributed by atoms with van der Waals surface area (Å²) in [5.74, 6) is 0. The zero-order valence-corrected chi connectivity index (χ0v) is 8.59. The van der Waals surface area contributed by atoms with E-state index in [9.17, 15) is 0 Å². The second-order valence-corrected chi connectivity index (χ2v) is 3.45. The molecule has 68 valence electrons. The van der Waals surface area contributed by atoms with E-state index in [0.717, 1.165) is 0 Å². The number of hydrogen-bond acceptors (Lipinski definition) is 0. The van der Waals surface area contributed by atoms with Crippen LogP contribution in [0.15, 0.2) is 36.4 Å². The quantitative estimate of drug-likeness (QED) is 0.594. The molecule has 1 aromatic rings. The molecule has 0 aliphatic rings. The van der Waals surface area contributed by atoms with Crippen molar-refractivity contribution in [3.8, 4) is 0 Å². The summed E-state index contributed by atoms with van der Waals surface area (Å²) in [4.78, 5) is 0. The second-order valence-electron chi connectivity index (χ2n) is 3.45. The van der Waals surface area contributed by atoms with Crippen molar-refractivity contribution >= 4 is 6.08 Å². The van der Waals surface area contributed by atoms with Gasteiger partial charge in [0.15, 0.2) is 0 Å². The molecule has 0 fully saturated rings. The van der Waals surface area contributed by atoms with Gasteiger partial charge in [-0.05, 0) is 31.9 Å². The molecule has 0 N–H and O–H groups in total. The Labute approximate surface area is 80.6 Å². The first-order valence-electron chi connectivity index (χ1n) is 4.51. The first-order valence-corrected chi connectivity index (χ1v) is 4.51. The number of allylic oxidation sites excluding steroid dienone is 2. The van der Waals surface area contributed by atoms with Gasteiger partial charge in [0.25, 0.3) is 0 Å². The number of aryl methyl sites for hydroxylation is 2. The van der Waals surface area contributed by atoms with Gasteiger partial charge in [0.05, 0.1) is 0 Å². The van der Waals surface area contributed by atoms with E-state index >= 15 is 0 Å². The molecule has 0 aliphatic heterocycles. The average molecular weight is 172 g/mol. The van der Waals surface area contributed by atoms with Gasteiger partial charge in [-0.2, -0.15) is 0 Å². The molecule has 0 unspecified atom stereocenters. The van der Waals surface area contributed by atoms with Crippen LogP contribution in [0.4, 0.5) is 0 Å². The molecular weight excluding hydrogens is 156 g/mol. The Kier molecular flexibility index (Phi) is 3.07. The Morgan fingerprint density at radius 3 is 2.54 bits per heavy atom. The smallest absolute Gasteiger partial charge is 0.0225 e. The van der Waals surface area contributed by atoms with E-state index in [1.54, 1.807) is 0 Å². The highest BCUT2D eigenvalue weighted by Gasteiger charge is 1.94. The third-order valence-electron chi connectivity index (χ3n) is 2.13. The van der Waals surface area contributed by atoms with Crippen LogP contribution < -0.4 is 0 Å². The van der Waals surface area contributed by atoms with Crippen LogP contribution in [0.25, 0.3) is 6.08 Å². The van der Waals surface area contributed by atoms with Crippen LogP contribution in [0.3, 0.4) is 0 Å². The first kappa shape index (κ1) is 9.79. The lowest BCUT2D eigenvalue weighted by atomic mass is 10.0. The number of benzene rings is 1. The molecule has 0 aliphatic carbocycles. The van der Waals surface area contributed by atoms with Crippen molar-refractivity contribution in [2.45, 2.75) is 20.8 Å². The van der Waals surface area contributed by atoms with Crippen LogP contribution in [0, 0.1) is 13.8 Å². The Bertz CT molecular complexity index is 343. The van der Waals surface area contributed by atoms with Gasteiger partial charge in [-0.15, -0.1) is 0 Å². The van der Waals surface area contributed by atoms with Gasteiger partial charge in [-0.25, -0.2) is 0 Å². The van der Waals surface area contributed by atoms with Gasteiger partial charge < -0.3 is 0 Å². The number of rotatable bonds is 2. The molecule has 13 heavy (non-hydrogen) atoms. The third kappa shape index (κ3) is 2.59. The Balaban J connectivity index is 3.09. The van der Waals surface area contributed by atoms with E-state index in [1.807, 2.05) is 6.08 Å². The fraction of sp³-hybridized carbons (Fsp3) is 0.231. The Hall–Kier alpha value is -1.30. The summed E-state index contributed by atoms with van der Waals surface area (Å²) in [7, 11) is 0. The summed E-state index contributed by atoms with van der Waals surface area (Å²) in [6.45, 7) is 10.0. The van der Waals surface area contributed by atoms with E-state index < -0.39 is 0 Å². The standard InChI is InChI=1S/C13H16/c1-5-10(2)9-13-7-6-11(3)8-12(13)4/h5-9H,1H2,2-4H3. The normalized spacial score (nSPS) is 11.5. The summed E-state index contributed by atoms with van der Waals surface area (Å²) in [5, 5.41) is 0. The fourth-order valence-electron chi connectivity index (χ4n) is 1.29. The molecule has 1 rings (SSSR count). The fourth-order valence-corrected chi connectivity index (χ4v) is 1.29. The largest absolute Gasteiger partial charge is 0.0988 e. The van der Waals surface area contributed by atoms with E-state index in [1.165, 1.54) is 22.3 Å². The summed E-state index contributed by atoms with van der Waals surface area (Å²) >= 11 is 0. The molecule has 0 spiro atoms. The molecule has 0 saturated heterocycles. The summed E-state index contributed by atoms with van der Waals surface area (Å²) in [6, 6.07) is 6.48. The third-order valence-corrected chi connectivity index (χ3v) is 2.13. The minimum atomic E-state index is 1.20. The topological polar surface area (TPSA) is 0 Å². The van der Waals surface area contributed by atoms with Crippen LogP contribution >= 0.6 is 0 Å². The van der Waals surface area contributed by atoms with Crippen LogP contribution in [-0.2, 0) is 0 Å². The van der Waals surface area contributed by atoms with Crippen molar-refractivity contribution in [3.63, 3.8) is 0 Å². The van der Waals surface area contributed by atoms with Crippen molar-refractivity contribution in [3.05, 3.63) is 53.1 Å². The highest BCUT2D eigenvalue weighted by atomic mass is 14.0. The van der Waals surface area contributed by atoms with Gasteiger partial charge in [0.1, 0.15) is 0 Å². The van der Waals surface area contributed by atoms with Gasteiger partial charge in [-0.1, -0.05) is 48.1 Å². The zero-order chi connectivity index (χ0) is 9.84. The summed E-state index contributed by atoms with van der Waals surface area (Å²) in [6.07, 6.45) is 4.03. The van der Waals surface area contributed by atoms with Crippen LogP contribution in [0.1, 0.15) is 23.6 Å².